The van der Waals surface area contributed by atoms with Crippen molar-refractivity contribution < 1.29 is 4.74 Å². The highest BCUT2D eigenvalue weighted by molar-refractivity contribution is 5.29. The van der Waals surface area contributed by atoms with E-state index in [2.05, 4.69) is 32.8 Å². The van der Waals surface area contributed by atoms with Crippen LogP contribution in [0.3, 0.4) is 0 Å². The van der Waals surface area contributed by atoms with Gasteiger partial charge >= 0.3 is 0 Å². The van der Waals surface area contributed by atoms with Crippen LogP contribution < -0.4 is 10.5 Å². The van der Waals surface area contributed by atoms with Crippen LogP contribution in [0.1, 0.15) is 58.3 Å². The van der Waals surface area contributed by atoms with E-state index >= 15 is 0 Å². The van der Waals surface area contributed by atoms with E-state index in [1.54, 1.807) is 13.3 Å². The first-order valence-corrected chi connectivity index (χ1v) is 6.39. The van der Waals surface area contributed by atoms with Gasteiger partial charge in [0.15, 0.2) is 5.75 Å². The lowest BCUT2D eigenvalue weighted by molar-refractivity contribution is 0.360. The van der Waals surface area contributed by atoms with E-state index in [9.17, 15) is 0 Å². The van der Waals surface area contributed by atoms with Crippen molar-refractivity contribution in [2.45, 2.75) is 52.6 Å². The van der Waals surface area contributed by atoms with E-state index in [4.69, 9.17) is 10.5 Å². The van der Waals surface area contributed by atoms with Gasteiger partial charge in [0.2, 0.25) is 0 Å². The van der Waals surface area contributed by atoms with E-state index in [0.29, 0.717) is 12.0 Å². The molecule has 0 spiro atoms. The zero-order valence-electron chi connectivity index (χ0n) is 11.6. The molecule has 4 heteroatoms. The van der Waals surface area contributed by atoms with Crippen molar-refractivity contribution in [2.75, 3.05) is 7.11 Å². The molecule has 0 aliphatic carbocycles. The Morgan fingerprint density at radius 2 is 2.06 bits per heavy atom. The summed E-state index contributed by atoms with van der Waals surface area (Å²) in [4.78, 5) is 0. The van der Waals surface area contributed by atoms with Gasteiger partial charge in [-0.1, -0.05) is 20.3 Å². The minimum Gasteiger partial charge on any atom is -0.493 e. The highest BCUT2D eigenvalue weighted by Crippen LogP contribution is 2.31. The second kappa shape index (κ2) is 6.05. The van der Waals surface area contributed by atoms with Gasteiger partial charge in [-0.3, -0.25) is 4.68 Å². The van der Waals surface area contributed by atoms with Crippen LogP contribution in [0.2, 0.25) is 0 Å². The number of aromatic nitrogens is 2. The third-order valence-corrected chi connectivity index (χ3v) is 3.18. The second-order valence-corrected chi connectivity index (χ2v) is 4.93. The lowest BCUT2D eigenvalue weighted by atomic mass is 9.94. The second-order valence-electron chi connectivity index (χ2n) is 4.93. The Balaban J connectivity index is 3.04. The van der Waals surface area contributed by atoms with Crippen molar-refractivity contribution in [1.82, 2.24) is 9.78 Å². The maximum absolute atomic E-state index is 6.34. The quantitative estimate of drug-likeness (QED) is 0.830. The smallest absolute Gasteiger partial charge is 0.161 e. The molecule has 0 bridgehead atoms. The third kappa shape index (κ3) is 3.00. The van der Waals surface area contributed by atoms with Crippen LogP contribution >= 0.6 is 0 Å². The van der Waals surface area contributed by atoms with E-state index in [1.807, 2.05) is 4.68 Å². The van der Waals surface area contributed by atoms with Crippen molar-refractivity contribution in [1.29, 1.82) is 0 Å². The van der Waals surface area contributed by atoms with Gasteiger partial charge in [-0.05, 0) is 26.2 Å². The maximum atomic E-state index is 6.34. The summed E-state index contributed by atoms with van der Waals surface area (Å²) in [6, 6.07) is 0.281. The number of hydrogen-bond donors (Lipinski definition) is 1. The Labute approximate surface area is 104 Å². The van der Waals surface area contributed by atoms with Gasteiger partial charge in [-0.2, -0.15) is 5.10 Å². The molecule has 0 amide bonds. The summed E-state index contributed by atoms with van der Waals surface area (Å²) < 4.78 is 7.33. The first kappa shape index (κ1) is 14.0. The molecule has 0 radical (unpaired) electrons. The van der Waals surface area contributed by atoms with Crippen molar-refractivity contribution in [3.8, 4) is 5.75 Å². The molecule has 2 atom stereocenters. The molecule has 1 heterocycles. The molecule has 0 saturated heterocycles. The number of nitrogens with two attached hydrogens (primary N) is 1. The lowest BCUT2D eigenvalue weighted by Gasteiger charge is -2.23. The highest BCUT2D eigenvalue weighted by atomic mass is 16.5. The van der Waals surface area contributed by atoms with Gasteiger partial charge < -0.3 is 10.5 Å². The first-order valence-electron chi connectivity index (χ1n) is 6.39. The average Bonchev–Trinajstić information content (AvgIpc) is 2.71. The summed E-state index contributed by atoms with van der Waals surface area (Å²) in [5.41, 5.74) is 7.36. The van der Waals surface area contributed by atoms with Crippen LogP contribution in [-0.4, -0.2) is 16.9 Å². The molecule has 17 heavy (non-hydrogen) atoms. The molecule has 2 N–H and O–H groups in total. The van der Waals surface area contributed by atoms with Crippen LogP contribution in [0.25, 0.3) is 0 Å². The molecule has 1 aromatic heterocycles. The number of ether oxygens (including phenoxy) is 1. The van der Waals surface area contributed by atoms with Gasteiger partial charge in [-0.25, -0.2) is 0 Å². The fourth-order valence-electron chi connectivity index (χ4n) is 2.15. The highest BCUT2D eigenvalue weighted by Gasteiger charge is 2.24. The molecule has 0 saturated carbocycles. The number of nitrogens with zero attached hydrogens (tertiary/aromatic N) is 2. The summed E-state index contributed by atoms with van der Waals surface area (Å²) in [6.45, 7) is 8.58. The summed E-state index contributed by atoms with van der Waals surface area (Å²) in [5.74, 6) is 1.23. The van der Waals surface area contributed by atoms with Crippen LogP contribution in [0, 0.1) is 5.92 Å². The largest absolute Gasteiger partial charge is 0.493 e. The minimum absolute atomic E-state index is 0.0187. The van der Waals surface area contributed by atoms with Crippen LogP contribution in [0.4, 0.5) is 0 Å². The molecule has 0 fully saturated rings. The monoisotopic (exact) mass is 239 g/mol. The summed E-state index contributed by atoms with van der Waals surface area (Å²) in [5, 5.41) is 4.36. The molecular weight excluding hydrogens is 214 g/mol. The van der Waals surface area contributed by atoms with Gasteiger partial charge in [-0.15, -0.1) is 0 Å². The first-order chi connectivity index (χ1) is 8.02. The lowest BCUT2D eigenvalue weighted by Crippen LogP contribution is -2.24. The van der Waals surface area contributed by atoms with E-state index in [1.165, 1.54) is 0 Å². The number of methoxy groups -OCH3 is 1. The van der Waals surface area contributed by atoms with Crippen LogP contribution in [0.15, 0.2) is 6.20 Å². The van der Waals surface area contributed by atoms with Crippen LogP contribution in [-0.2, 0) is 0 Å². The summed E-state index contributed by atoms with van der Waals surface area (Å²) in [6.07, 6.45) is 4.02. The van der Waals surface area contributed by atoms with Gasteiger partial charge in [0, 0.05) is 6.04 Å². The number of hydrogen-bond acceptors (Lipinski definition) is 3. The van der Waals surface area contributed by atoms with E-state index in [0.717, 1.165) is 24.3 Å². The molecule has 2 unspecified atom stereocenters. The molecule has 0 aromatic carbocycles. The van der Waals surface area contributed by atoms with Crippen molar-refractivity contribution in [3.63, 3.8) is 0 Å². The Bertz CT molecular complexity index is 346. The average molecular weight is 239 g/mol. The predicted octanol–water partition coefficient (Wildman–Crippen LogP) is 2.91. The molecular formula is C13H25N3O. The summed E-state index contributed by atoms with van der Waals surface area (Å²) >= 11 is 0. The van der Waals surface area contributed by atoms with Gasteiger partial charge in [0.1, 0.15) is 0 Å². The van der Waals surface area contributed by atoms with Crippen molar-refractivity contribution in [3.05, 3.63) is 11.9 Å². The third-order valence-electron chi connectivity index (χ3n) is 3.18. The molecule has 0 aliphatic heterocycles. The fourth-order valence-corrected chi connectivity index (χ4v) is 2.15. The molecule has 4 nitrogen and oxygen atoms in total. The zero-order chi connectivity index (χ0) is 13.0. The normalized spacial score (nSPS) is 15.0. The van der Waals surface area contributed by atoms with Gasteiger partial charge in [0.25, 0.3) is 0 Å². The predicted molar refractivity (Wildman–Crippen MR) is 70.2 cm³/mol. The van der Waals surface area contributed by atoms with Gasteiger partial charge in [0.05, 0.1) is 25.0 Å². The number of rotatable bonds is 6. The standard InChI is InChI=1S/C13H25N3O/c1-6-7-10(4)12(14)13-11(17-5)8-15-16(13)9(2)3/h8-10,12H,6-7,14H2,1-5H3. The topological polar surface area (TPSA) is 53.1 Å². The Morgan fingerprint density at radius 1 is 1.41 bits per heavy atom. The van der Waals surface area contributed by atoms with E-state index < -0.39 is 0 Å². The molecule has 0 aliphatic rings. The molecule has 1 aromatic rings. The SMILES string of the molecule is CCCC(C)C(N)c1c(OC)cnn1C(C)C. The zero-order valence-corrected chi connectivity index (χ0v) is 11.6. The fraction of sp³-hybridized carbons (Fsp3) is 0.769. The van der Waals surface area contributed by atoms with Crippen molar-refractivity contribution in [2.24, 2.45) is 11.7 Å². The van der Waals surface area contributed by atoms with Crippen molar-refractivity contribution >= 4 is 0 Å². The Kier molecular flexibility index (Phi) is 5.00. The Morgan fingerprint density at radius 3 is 2.53 bits per heavy atom. The van der Waals surface area contributed by atoms with E-state index in [-0.39, 0.29) is 6.04 Å². The molecule has 98 valence electrons. The minimum atomic E-state index is -0.0187. The Hall–Kier alpha value is -1.03. The maximum Gasteiger partial charge on any atom is 0.161 e. The van der Waals surface area contributed by atoms with Crippen LogP contribution in [0.5, 0.6) is 5.75 Å². The molecule has 1 rings (SSSR count). The summed E-state index contributed by atoms with van der Waals surface area (Å²) in [7, 11) is 1.67.